The number of hydrogen-bond donors (Lipinski definition) is 1. The molecule has 37 heavy (non-hydrogen) atoms. The van der Waals surface area contributed by atoms with Crippen LogP contribution in [-0.4, -0.2) is 57.6 Å². The van der Waals surface area contributed by atoms with Crippen LogP contribution in [0.1, 0.15) is 51.2 Å². The monoisotopic (exact) mass is 531 g/mol. The first-order valence-corrected chi connectivity index (χ1v) is 14.6. The standard InChI is InChI=1S/C28H41N3O5S/c1-7-24(28(33)29-19-21(2)3)30(20-23-13-10-12-22(4)18-23)27(32)16-11-17-31(37(6,34)35)25-14-8-9-15-26(25)36-5/h8-10,12-15,18,21,24H,7,11,16-17,19-20H2,1-6H3,(H,29,33). The SMILES string of the molecule is CCC(C(=O)NCC(C)C)N(Cc1cccc(C)c1)C(=O)CCCN(c1ccccc1OC)S(C)(=O)=O. The lowest BCUT2D eigenvalue weighted by molar-refractivity contribution is -0.141. The first-order chi connectivity index (χ1) is 17.5. The Bertz CT molecular complexity index is 1150. The van der Waals surface area contributed by atoms with E-state index in [1.165, 1.54) is 11.4 Å². The molecule has 204 valence electrons. The largest absolute Gasteiger partial charge is 0.495 e. The van der Waals surface area contributed by atoms with Crippen molar-refractivity contribution in [3.05, 3.63) is 59.7 Å². The molecule has 0 radical (unpaired) electrons. The minimum absolute atomic E-state index is 0.0982. The van der Waals surface area contributed by atoms with Crippen molar-refractivity contribution in [1.29, 1.82) is 0 Å². The average molecular weight is 532 g/mol. The molecule has 0 aromatic heterocycles. The van der Waals surface area contributed by atoms with Crippen molar-refractivity contribution < 1.29 is 22.7 Å². The lowest BCUT2D eigenvalue weighted by Gasteiger charge is -2.31. The zero-order valence-electron chi connectivity index (χ0n) is 22.9. The summed E-state index contributed by atoms with van der Waals surface area (Å²) in [6, 6.07) is 14.1. The van der Waals surface area contributed by atoms with Crippen molar-refractivity contribution in [3.63, 3.8) is 0 Å². The van der Waals surface area contributed by atoms with E-state index in [9.17, 15) is 18.0 Å². The lowest BCUT2D eigenvalue weighted by Crippen LogP contribution is -2.49. The van der Waals surface area contributed by atoms with Crippen LogP contribution in [0.3, 0.4) is 0 Å². The van der Waals surface area contributed by atoms with Crippen LogP contribution < -0.4 is 14.4 Å². The summed E-state index contributed by atoms with van der Waals surface area (Å²) in [4.78, 5) is 28.2. The molecule has 0 fully saturated rings. The van der Waals surface area contributed by atoms with E-state index in [-0.39, 0.29) is 31.2 Å². The van der Waals surface area contributed by atoms with Crippen molar-refractivity contribution >= 4 is 27.5 Å². The Hall–Kier alpha value is -3.07. The van der Waals surface area contributed by atoms with Gasteiger partial charge in [0, 0.05) is 26.1 Å². The third-order valence-corrected chi connectivity index (χ3v) is 7.19. The predicted molar refractivity (Wildman–Crippen MR) is 148 cm³/mol. The highest BCUT2D eigenvalue weighted by Crippen LogP contribution is 2.29. The van der Waals surface area contributed by atoms with Gasteiger partial charge in [-0.3, -0.25) is 13.9 Å². The number of sulfonamides is 1. The van der Waals surface area contributed by atoms with Crippen molar-refractivity contribution in [3.8, 4) is 5.75 Å². The molecule has 2 aromatic carbocycles. The molecule has 0 bridgehead atoms. The first-order valence-electron chi connectivity index (χ1n) is 12.7. The van der Waals surface area contributed by atoms with Gasteiger partial charge >= 0.3 is 0 Å². The van der Waals surface area contributed by atoms with Gasteiger partial charge in [0.05, 0.1) is 19.1 Å². The molecular weight excluding hydrogens is 490 g/mol. The molecule has 2 aromatic rings. The Morgan fingerprint density at radius 2 is 1.78 bits per heavy atom. The topological polar surface area (TPSA) is 96.0 Å². The number of hydrogen-bond acceptors (Lipinski definition) is 5. The van der Waals surface area contributed by atoms with E-state index in [1.807, 2.05) is 52.0 Å². The molecule has 0 spiro atoms. The molecule has 9 heteroatoms. The molecule has 8 nitrogen and oxygen atoms in total. The highest BCUT2D eigenvalue weighted by atomic mass is 32.2. The third kappa shape index (κ3) is 9.07. The first kappa shape index (κ1) is 30.2. The fourth-order valence-corrected chi connectivity index (χ4v) is 5.14. The number of carbonyl (C=O) groups is 2. The molecule has 0 saturated carbocycles. The maximum atomic E-state index is 13.5. The molecule has 1 unspecified atom stereocenters. The highest BCUT2D eigenvalue weighted by molar-refractivity contribution is 7.92. The minimum atomic E-state index is -3.61. The van der Waals surface area contributed by atoms with Crippen molar-refractivity contribution in [2.24, 2.45) is 5.92 Å². The van der Waals surface area contributed by atoms with Gasteiger partial charge in [0.1, 0.15) is 11.8 Å². The van der Waals surface area contributed by atoms with Gasteiger partial charge in [0.15, 0.2) is 0 Å². The van der Waals surface area contributed by atoms with E-state index in [0.717, 1.165) is 17.4 Å². The van der Waals surface area contributed by atoms with Gasteiger partial charge in [-0.15, -0.1) is 0 Å². The zero-order chi connectivity index (χ0) is 27.6. The normalized spacial score (nSPS) is 12.2. The Balaban J connectivity index is 2.24. The van der Waals surface area contributed by atoms with E-state index >= 15 is 0 Å². The summed E-state index contributed by atoms with van der Waals surface area (Å²) in [5, 5.41) is 2.96. The minimum Gasteiger partial charge on any atom is -0.495 e. The van der Waals surface area contributed by atoms with E-state index in [0.29, 0.717) is 36.9 Å². The number of rotatable bonds is 14. The average Bonchev–Trinajstić information content (AvgIpc) is 2.84. The Labute approximate surface area is 222 Å². The number of benzene rings is 2. The second kappa shape index (κ2) is 14.0. The Morgan fingerprint density at radius 3 is 2.38 bits per heavy atom. The molecular formula is C28H41N3O5S. The van der Waals surface area contributed by atoms with Gasteiger partial charge in [-0.05, 0) is 43.4 Å². The Morgan fingerprint density at radius 1 is 1.08 bits per heavy atom. The third-order valence-electron chi connectivity index (χ3n) is 6.01. The van der Waals surface area contributed by atoms with Crippen LogP contribution in [0.25, 0.3) is 0 Å². The van der Waals surface area contributed by atoms with E-state index in [4.69, 9.17) is 4.74 Å². The summed E-state index contributed by atoms with van der Waals surface area (Å²) in [5.74, 6) is 0.359. The van der Waals surface area contributed by atoms with E-state index in [1.54, 1.807) is 29.2 Å². The summed E-state index contributed by atoms with van der Waals surface area (Å²) in [6.45, 7) is 8.86. The number of amides is 2. The quantitative estimate of drug-likeness (QED) is 0.396. The molecule has 0 aliphatic heterocycles. The number of methoxy groups -OCH3 is 1. The maximum Gasteiger partial charge on any atom is 0.242 e. The number of ether oxygens (including phenoxy) is 1. The van der Waals surface area contributed by atoms with Crippen LogP contribution in [0.5, 0.6) is 5.75 Å². The number of carbonyl (C=O) groups excluding carboxylic acids is 2. The summed E-state index contributed by atoms with van der Waals surface area (Å²) in [5.41, 5.74) is 2.44. The van der Waals surface area contributed by atoms with Gasteiger partial charge < -0.3 is 15.0 Å². The maximum absolute atomic E-state index is 13.5. The second-order valence-electron chi connectivity index (χ2n) is 9.68. The summed E-state index contributed by atoms with van der Waals surface area (Å²) >= 11 is 0. The molecule has 1 N–H and O–H groups in total. The van der Waals surface area contributed by atoms with Crippen LogP contribution in [0.2, 0.25) is 0 Å². The lowest BCUT2D eigenvalue weighted by atomic mass is 10.1. The van der Waals surface area contributed by atoms with Crippen molar-refractivity contribution in [1.82, 2.24) is 10.2 Å². The van der Waals surface area contributed by atoms with Crippen molar-refractivity contribution in [2.45, 2.75) is 59.5 Å². The second-order valence-corrected chi connectivity index (χ2v) is 11.6. The molecule has 0 heterocycles. The number of nitrogens with zero attached hydrogens (tertiary/aromatic N) is 2. The van der Waals surface area contributed by atoms with Crippen molar-refractivity contribution in [2.75, 3.05) is 30.8 Å². The van der Waals surface area contributed by atoms with Gasteiger partial charge in [-0.2, -0.15) is 0 Å². The zero-order valence-corrected chi connectivity index (χ0v) is 23.7. The molecule has 0 saturated heterocycles. The number of nitrogens with one attached hydrogen (secondary N) is 1. The fourth-order valence-electron chi connectivity index (χ4n) is 4.17. The number of anilines is 1. The summed E-state index contributed by atoms with van der Waals surface area (Å²) in [6.07, 6.45) is 1.99. The van der Waals surface area contributed by atoms with E-state index in [2.05, 4.69) is 5.32 Å². The molecule has 2 amide bonds. The number of para-hydroxylation sites is 2. The predicted octanol–water partition coefficient (Wildman–Crippen LogP) is 4.13. The van der Waals surface area contributed by atoms with Gasteiger partial charge in [0.25, 0.3) is 0 Å². The van der Waals surface area contributed by atoms with Crippen LogP contribution in [0.15, 0.2) is 48.5 Å². The summed E-state index contributed by atoms with van der Waals surface area (Å²) in [7, 11) is -2.12. The molecule has 0 aliphatic rings. The fraction of sp³-hybridized carbons (Fsp3) is 0.500. The van der Waals surface area contributed by atoms with Gasteiger partial charge in [-0.1, -0.05) is 62.7 Å². The molecule has 0 aliphatic carbocycles. The van der Waals surface area contributed by atoms with Crippen LogP contribution in [0.4, 0.5) is 5.69 Å². The smallest absolute Gasteiger partial charge is 0.242 e. The molecule has 2 rings (SSSR count). The molecule has 1 atom stereocenters. The Kier molecular flexibility index (Phi) is 11.4. The summed E-state index contributed by atoms with van der Waals surface area (Å²) < 4.78 is 31.8. The number of aryl methyl sites for hydroxylation is 1. The van der Waals surface area contributed by atoms with Crippen LogP contribution >= 0.6 is 0 Å². The van der Waals surface area contributed by atoms with Crippen LogP contribution in [-0.2, 0) is 26.2 Å². The highest BCUT2D eigenvalue weighted by Gasteiger charge is 2.29. The van der Waals surface area contributed by atoms with Crippen LogP contribution in [0, 0.1) is 12.8 Å². The van der Waals surface area contributed by atoms with E-state index < -0.39 is 16.1 Å². The van der Waals surface area contributed by atoms with Gasteiger partial charge in [0.2, 0.25) is 21.8 Å². The van der Waals surface area contributed by atoms with Gasteiger partial charge in [-0.25, -0.2) is 8.42 Å².